The van der Waals surface area contributed by atoms with E-state index >= 15 is 0 Å². The van der Waals surface area contributed by atoms with Gasteiger partial charge in [-0.3, -0.25) is 0 Å². The van der Waals surface area contributed by atoms with E-state index in [1.807, 2.05) is 206 Å². The molecule has 2 fully saturated rings. The maximum atomic E-state index is 11.2. The van der Waals surface area contributed by atoms with Gasteiger partial charge in [-0.1, -0.05) is 206 Å². The van der Waals surface area contributed by atoms with Crippen LogP contribution in [-0.4, -0.2) is 106 Å². The van der Waals surface area contributed by atoms with Gasteiger partial charge >= 0.3 is 0 Å². The van der Waals surface area contributed by atoms with Crippen molar-refractivity contribution in [2.45, 2.75) is 145 Å². The van der Waals surface area contributed by atoms with Crippen molar-refractivity contribution in [2.24, 2.45) is 0 Å². The third kappa shape index (κ3) is 19.4. The Kier molecular flexibility index (Phi) is 24.6. The van der Waals surface area contributed by atoms with Crippen LogP contribution in [0.15, 0.2) is 218 Å². The number of benzene rings is 7. The molecule has 7 aromatic carbocycles. The van der Waals surface area contributed by atoms with E-state index in [2.05, 4.69) is 0 Å². The first kappa shape index (κ1) is 60.7. The topological polar surface area (TPSA) is 175 Å². The van der Waals surface area contributed by atoms with Crippen LogP contribution in [0.2, 0.25) is 0 Å². The van der Waals surface area contributed by atoms with Crippen LogP contribution in [0.3, 0.4) is 0 Å². The fraction of sp³-hybridized carbons (Fsp3) is 0.353. The second kappa shape index (κ2) is 32.9. The summed E-state index contributed by atoms with van der Waals surface area (Å²) >= 11 is 0. The fourth-order valence-corrected chi connectivity index (χ4v) is 9.84. The normalized spacial score (nSPS) is 25.1. The zero-order chi connectivity index (χ0) is 56.4. The molecule has 13 nitrogen and oxygen atoms in total. The predicted molar refractivity (Wildman–Crippen MR) is 309 cm³/mol. The zero-order valence-corrected chi connectivity index (χ0v) is 46.0. The highest BCUT2D eigenvalue weighted by molar-refractivity contribution is 5.27. The van der Waals surface area contributed by atoms with Crippen molar-refractivity contribution in [2.75, 3.05) is 7.11 Å². The van der Waals surface area contributed by atoms with Crippen molar-refractivity contribution in [3.05, 3.63) is 257 Å². The third-order valence-electron chi connectivity index (χ3n) is 14.6. The second-order valence-corrected chi connectivity index (χ2v) is 20.5. The summed E-state index contributed by atoms with van der Waals surface area (Å²) in [5.74, 6) is 0.801. The van der Waals surface area contributed by atoms with Crippen LogP contribution in [0.4, 0.5) is 0 Å². The molecule has 3 aliphatic carbocycles. The van der Waals surface area contributed by atoms with Crippen molar-refractivity contribution >= 4 is 0 Å². The van der Waals surface area contributed by atoms with Crippen LogP contribution in [0.25, 0.3) is 0 Å². The highest BCUT2D eigenvalue weighted by Gasteiger charge is 2.41. The molecule has 0 amide bonds. The summed E-state index contributed by atoms with van der Waals surface area (Å²) in [5.41, 5.74) is 7.36. The summed E-state index contributed by atoms with van der Waals surface area (Å²) in [7, 11) is 1.65. The molecule has 0 aromatic heterocycles. The summed E-state index contributed by atoms with van der Waals surface area (Å²) in [6, 6.07) is 67.0. The minimum atomic E-state index is -1.01. The quantitative estimate of drug-likeness (QED) is 0.0406. The molecule has 2 saturated carbocycles. The number of hydrogen-bond acceptors (Lipinski definition) is 13. The number of aliphatic hydroxyl groups excluding tert-OH is 5. The number of rotatable bonds is 22. The Balaban J connectivity index is 0.000000163. The maximum absolute atomic E-state index is 11.2. The lowest BCUT2D eigenvalue weighted by molar-refractivity contribution is -0.194. The molecule has 0 heterocycles. The van der Waals surface area contributed by atoms with Crippen molar-refractivity contribution in [1.29, 1.82) is 0 Å². The third-order valence-corrected chi connectivity index (χ3v) is 14.6. The summed E-state index contributed by atoms with van der Waals surface area (Å²) in [6.07, 6.45) is -1.13. The molecule has 0 saturated heterocycles. The molecule has 5 N–H and O–H groups in total. The number of ether oxygens (including phenoxy) is 8. The molecule has 10 rings (SSSR count). The number of hydrogen-bond donors (Lipinski definition) is 5. The first-order valence-electron chi connectivity index (χ1n) is 28.0. The van der Waals surface area contributed by atoms with Gasteiger partial charge < -0.3 is 63.4 Å². The molecule has 0 spiro atoms. The second-order valence-electron chi connectivity index (χ2n) is 20.5. The first-order valence-corrected chi connectivity index (χ1v) is 28.0. The molecule has 428 valence electrons. The summed E-state index contributed by atoms with van der Waals surface area (Å²) in [5, 5.41) is 52.4. The first-order chi connectivity index (χ1) is 39.7. The molecule has 13 heteroatoms. The predicted octanol–water partition coefficient (Wildman–Crippen LogP) is 10.0. The van der Waals surface area contributed by atoms with E-state index in [0.717, 1.165) is 57.5 Å². The van der Waals surface area contributed by atoms with Crippen LogP contribution >= 0.6 is 0 Å². The molecular formula is C68H78O13. The molecule has 7 aromatic rings. The fourth-order valence-electron chi connectivity index (χ4n) is 9.84. The van der Waals surface area contributed by atoms with Gasteiger partial charge in [-0.05, 0) is 76.8 Å². The summed E-state index contributed by atoms with van der Waals surface area (Å²) in [6.45, 7) is 2.96. The Bertz CT molecular complexity index is 2680. The van der Waals surface area contributed by atoms with Crippen molar-refractivity contribution in [3.63, 3.8) is 0 Å². The Labute approximate surface area is 476 Å². The molecule has 81 heavy (non-hydrogen) atoms. The highest BCUT2D eigenvalue weighted by Crippen LogP contribution is 2.31. The number of methoxy groups -OCH3 is 1. The summed E-state index contributed by atoms with van der Waals surface area (Å²) in [4.78, 5) is 0. The van der Waals surface area contributed by atoms with Crippen LogP contribution in [0, 0.1) is 0 Å². The average molecular weight is 1100 g/mol. The van der Waals surface area contributed by atoms with Gasteiger partial charge in [-0.25, -0.2) is 0 Å². The van der Waals surface area contributed by atoms with Crippen LogP contribution in [0.1, 0.15) is 64.6 Å². The Morgan fingerprint density at radius 2 is 0.543 bits per heavy atom. The van der Waals surface area contributed by atoms with Gasteiger partial charge in [0.1, 0.15) is 54.6 Å². The van der Waals surface area contributed by atoms with Gasteiger partial charge in [0.2, 0.25) is 0 Å². The van der Waals surface area contributed by atoms with Gasteiger partial charge in [0, 0.05) is 0 Å². The molecule has 0 aliphatic heterocycles. The van der Waals surface area contributed by atoms with Crippen molar-refractivity contribution < 1.29 is 63.4 Å². The van der Waals surface area contributed by atoms with Gasteiger partial charge in [0.05, 0.1) is 77.8 Å². The van der Waals surface area contributed by atoms with Gasteiger partial charge in [0.25, 0.3) is 0 Å². The molecule has 0 radical (unpaired) electrons. The lowest BCUT2D eigenvalue weighted by Crippen LogP contribution is -2.52. The van der Waals surface area contributed by atoms with E-state index in [-0.39, 0.29) is 24.4 Å². The highest BCUT2D eigenvalue weighted by atomic mass is 16.6. The smallest absolute Gasteiger partial charge is 0.118 e. The SMILES string of the molecule is COc1ccc(COC2[C@H](O)C(OCc3ccccc3)CC[C@@H]2OCc2ccccc2)cc1.OC1[C@H](O)C(OCc2ccccc2)C=C[C@@H]1OCc1ccccc1.OC1[C@H](O)C(OCc2ccccc2)CC[C@H]1OCc1ccccc1. The van der Waals surface area contributed by atoms with Crippen LogP contribution < -0.4 is 4.74 Å². The van der Waals surface area contributed by atoms with Crippen LogP contribution in [-0.2, 0) is 79.4 Å². The minimum absolute atomic E-state index is 0.213. The molecule has 12 atom stereocenters. The average Bonchev–Trinajstić information content (AvgIpc) is 3.57. The molecule has 3 aliphatic rings. The van der Waals surface area contributed by atoms with Crippen molar-refractivity contribution in [3.8, 4) is 5.75 Å². The van der Waals surface area contributed by atoms with E-state index in [4.69, 9.17) is 37.9 Å². The lowest BCUT2D eigenvalue weighted by Gasteiger charge is -2.40. The number of aliphatic hydroxyl groups is 5. The Hall–Kier alpha value is -6.40. The van der Waals surface area contributed by atoms with E-state index in [9.17, 15) is 25.5 Å². The van der Waals surface area contributed by atoms with Gasteiger partial charge in [0.15, 0.2) is 0 Å². The van der Waals surface area contributed by atoms with Crippen LogP contribution in [0.5, 0.6) is 5.75 Å². The van der Waals surface area contributed by atoms with E-state index in [1.165, 1.54) is 0 Å². The monoisotopic (exact) mass is 1100 g/mol. The molecule has 0 bridgehead atoms. The molecular weight excluding hydrogens is 1020 g/mol. The minimum Gasteiger partial charge on any atom is -0.497 e. The Morgan fingerprint density at radius 3 is 0.864 bits per heavy atom. The maximum Gasteiger partial charge on any atom is 0.118 e. The standard InChI is InChI=1S/C28H32O5.C20H24O4.C20H22O4/c1-30-24-14-12-23(13-15-24)20-33-28-26(32-19-22-10-6-3-7-11-22)17-16-25(27(28)29)31-18-21-8-4-2-5-9-21;2*21-19-17(23-13-15-7-3-1-4-8-15)11-12-18(20(19)22)24-14-16-9-5-2-6-10-16/h2-15,25-29H,16-20H2,1H3;1-10,17-22H,11-14H2;1-12,17-22H,13-14H2/t25?,26-,27+,28?;17-,18?,19?,20-;17-,18?,19?,20+/m010/s1. The largest absolute Gasteiger partial charge is 0.497 e. The molecule has 6 unspecified atom stereocenters. The van der Waals surface area contributed by atoms with E-state index in [1.54, 1.807) is 19.3 Å². The van der Waals surface area contributed by atoms with Gasteiger partial charge in [-0.2, -0.15) is 0 Å². The summed E-state index contributed by atoms with van der Waals surface area (Å²) < 4.78 is 46.8. The van der Waals surface area contributed by atoms with E-state index < -0.39 is 48.8 Å². The van der Waals surface area contributed by atoms with E-state index in [0.29, 0.717) is 59.1 Å². The zero-order valence-electron chi connectivity index (χ0n) is 46.0. The van der Waals surface area contributed by atoms with Crippen molar-refractivity contribution in [1.82, 2.24) is 0 Å². The lowest BCUT2D eigenvalue weighted by atomic mass is 9.89. The van der Waals surface area contributed by atoms with Gasteiger partial charge in [-0.15, -0.1) is 0 Å². The Morgan fingerprint density at radius 1 is 0.284 bits per heavy atom.